The van der Waals surface area contributed by atoms with E-state index in [9.17, 15) is 0 Å². The van der Waals surface area contributed by atoms with Crippen molar-refractivity contribution in [3.05, 3.63) is 38.6 Å². The Morgan fingerprint density at radius 2 is 1.10 bits per heavy atom. The largest absolute Gasteiger partial charge is 0.353 e. The minimum atomic E-state index is 0.751. The molecular formula is C18H27Br3N8. The maximum atomic E-state index is 4.33. The first-order valence-corrected chi connectivity index (χ1v) is 11.8. The molecule has 2 aromatic rings. The highest BCUT2D eigenvalue weighted by Gasteiger charge is 2.14. The predicted octanol–water partition coefficient (Wildman–Crippen LogP) is 2.51. The Balaban J connectivity index is 0.000000170. The summed E-state index contributed by atoms with van der Waals surface area (Å²) in [5.41, 5.74) is 0. The van der Waals surface area contributed by atoms with Gasteiger partial charge in [-0.3, -0.25) is 0 Å². The van der Waals surface area contributed by atoms with Gasteiger partial charge in [0.25, 0.3) is 0 Å². The van der Waals surface area contributed by atoms with E-state index < -0.39 is 0 Å². The summed E-state index contributed by atoms with van der Waals surface area (Å²) in [5.74, 6) is 0.973. The summed E-state index contributed by atoms with van der Waals surface area (Å²) >= 11 is 9.58. The van der Waals surface area contributed by atoms with Crippen LogP contribution < -0.4 is 10.2 Å². The van der Waals surface area contributed by atoms with Crippen molar-refractivity contribution < 1.29 is 0 Å². The third-order valence-corrected chi connectivity index (χ3v) is 5.59. The van der Waals surface area contributed by atoms with Gasteiger partial charge in [0.05, 0.1) is 24.8 Å². The van der Waals surface area contributed by atoms with E-state index in [-0.39, 0.29) is 0 Å². The lowest BCUT2D eigenvalue weighted by Crippen LogP contribution is -2.44. The topological polar surface area (TPSA) is 73.3 Å². The molecule has 1 N–H and O–H groups in total. The van der Waals surface area contributed by atoms with Crippen LogP contribution in [0.3, 0.4) is 0 Å². The van der Waals surface area contributed by atoms with Crippen molar-refractivity contribution in [2.24, 2.45) is 0 Å². The highest BCUT2D eigenvalue weighted by atomic mass is 79.9. The fourth-order valence-electron chi connectivity index (χ4n) is 2.58. The van der Waals surface area contributed by atoms with Gasteiger partial charge in [0, 0.05) is 52.4 Å². The van der Waals surface area contributed by atoms with Crippen molar-refractivity contribution in [3.8, 4) is 0 Å². The van der Waals surface area contributed by atoms with Crippen molar-refractivity contribution in [1.82, 2.24) is 35.1 Å². The van der Waals surface area contributed by atoms with Gasteiger partial charge in [-0.15, -0.1) is 0 Å². The molecule has 160 valence electrons. The molecule has 2 aromatic heterocycles. The summed E-state index contributed by atoms with van der Waals surface area (Å²) in [6.45, 7) is 9.00. The molecule has 2 aliphatic heterocycles. The van der Waals surface area contributed by atoms with Gasteiger partial charge in [0.1, 0.15) is 19.6 Å². The van der Waals surface area contributed by atoms with Crippen molar-refractivity contribution in [1.29, 1.82) is 0 Å². The van der Waals surface area contributed by atoms with Gasteiger partial charge in [-0.25, -0.2) is 19.9 Å². The first-order chi connectivity index (χ1) is 13.9. The van der Waals surface area contributed by atoms with Gasteiger partial charge in [-0.05, 0) is 61.9 Å². The van der Waals surface area contributed by atoms with Crippen LogP contribution in [0.2, 0.25) is 0 Å². The van der Waals surface area contributed by atoms with Crippen LogP contribution in [-0.2, 0) is 0 Å². The molecule has 4 heterocycles. The van der Waals surface area contributed by atoms with Gasteiger partial charge in [-0.2, -0.15) is 0 Å². The van der Waals surface area contributed by atoms with Crippen molar-refractivity contribution >= 4 is 53.6 Å². The van der Waals surface area contributed by atoms with Crippen molar-refractivity contribution in [3.63, 3.8) is 0 Å². The van der Waals surface area contributed by atoms with E-state index in [0.29, 0.717) is 0 Å². The summed E-state index contributed by atoms with van der Waals surface area (Å²) in [7, 11) is 4.30. The fraction of sp³-hybridized carbons (Fsp3) is 0.556. The number of hydrogen-bond donors (Lipinski definition) is 1. The van der Waals surface area contributed by atoms with Crippen LogP contribution in [0.4, 0.5) is 5.82 Å². The Morgan fingerprint density at radius 3 is 1.48 bits per heavy atom. The quantitative estimate of drug-likeness (QED) is 0.540. The average molecular weight is 595 g/mol. The lowest BCUT2D eigenvalue weighted by atomic mass is 10.3. The summed E-state index contributed by atoms with van der Waals surface area (Å²) in [6, 6.07) is 0. The summed E-state index contributed by atoms with van der Waals surface area (Å²) in [5, 5.41) is 3.27. The fourth-order valence-corrected chi connectivity index (χ4v) is 3.19. The molecule has 0 radical (unpaired) electrons. The number of aromatic nitrogens is 4. The Labute approximate surface area is 197 Å². The number of nitrogens with one attached hydrogen (secondary N) is 1. The van der Waals surface area contributed by atoms with Gasteiger partial charge in [0.15, 0.2) is 0 Å². The Hall–Kier alpha value is -0.720. The smallest absolute Gasteiger partial charge is 0.147 e. The lowest BCUT2D eigenvalue weighted by molar-refractivity contribution is 0.291. The zero-order valence-corrected chi connectivity index (χ0v) is 21.5. The Kier molecular flexibility index (Phi) is 11.5. The Bertz CT molecular complexity index is 666. The van der Waals surface area contributed by atoms with Crippen LogP contribution in [-0.4, -0.2) is 96.2 Å². The summed E-state index contributed by atoms with van der Waals surface area (Å²) < 4.78 is 2.29. The first-order valence-electron chi connectivity index (χ1n) is 9.37. The number of hydrogen-bond acceptors (Lipinski definition) is 8. The highest BCUT2D eigenvalue weighted by Crippen LogP contribution is 2.13. The average Bonchev–Trinajstić information content (AvgIpc) is 2.73. The third-order valence-electron chi connectivity index (χ3n) is 4.36. The van der Waals surface area contributed by atoms with E-state index in [1.807, 2.05) is 6.20 Å². The SMILES string of the molecule is Brc1cnc(Br)cn1.CN1CCN(c2cnc(Br)cn2)CC1.CN1CCNCC1. The molecule has 0 atom stereocenters. The molecular weight excluding hydrogens is 568 g/mol. The predicted molar refractivity (Wildman–Crippen MR) is 127 cm³/mol. The van der Waals surface area contributed by atoms with Gasteiger partial charge < -0.3 is 20.0 Å². The number of nitrogens with zero attached hydrogens (tertiary/aromatic N) is 7. The van der Waals surface area contributed by atoms with Crippen LogP contribution in [0.15, 0.2) is 38.6 Å². The van der Waals surface area contributed by atoms with Gasteiger partial charge in [0.2, 0.25) is 0 Å². The molecule has 2 fully saturated rings. The molecule has 8 nitrogen and oxygen atoms in total. The molecule has 0 bridgehead atoms. The molecule has 11 heteroatoms. The van der Waals surface area contributed by atoms with E-state index in [0.717, 1.165) is 58.9 Å². The number of halogens is 3. The van der Waals surface area contributed by atoms with Crippen LogP contribution in [0.5, 0.6) is 0 Å². The van der Waals surface area contributed by atoms with E-state index in [1.165, 1.54) is 13.1 Å². The van der Waals surface area contributed by atoms with Crippen LogP contribution in [0.25, 0.3) is 0 Å². The monoisotopic (exact) mass is 592 g/mol. The van der Waals surface area contributed by atoms with E-state index in [4.69, 9.17) is 0 Å². The second-order valence-electron chi connectivity index (χ2n) is 6.70. The molecule has 2 aliphatic rings. The molecule has 0 amide bonds. The molecule has 29 heavy (non-hydrogen) atoms. The first kappa shape index (κ1) is 24.5. The maximum absolute atomic E-state index is 4.33. The van der Waals surface area contributed by atoms with Gasteiger partial charge in [-0.1, -0.05) is 0 Å². The highest BCUT2D eigenvalue weighted by molar-refractivity contribution is 9.11. The maximum Gasteiger partial charge on any atom is 0.147 e. The number of rotatable bonds is 1. The second-order valence-corrected chi connectivity index (χ2v) is 9.14. The molecule has 0 aliphatic carbocycles. The Morgan fingerprint density at radius 1 is 0.655 bits per heavy atom. The molecule has 4 rings (SSSR count). The number of piperazine rings is 2. The van der Waals surface area contributed by atoms with Crippen molar-refractivity contribution in [2.45, 2.75) is 0 Å². The van der Waals surface area contributed by atoms with E-state index >= 15 is 0 Å². The van der Waals surface area contributed by atoms with Crippen LogP contribution >= 0.6 is 47.8 Å². The van der Waals surface area contributed by atoms with Crippen LogP contribution in [0, 0.1) is 0 Å². The molecule has 0 aromatic carbocycles. The minimum absolute atomic E-state index is 0.751. The zero-order valence-electron chi connectivity index (χ0n) is 16.7. The van der Waals surface area contributed by atoms with E-state index in [2.05, 4.69) is 102 Å². The van der Waals surface area contributed by atoms with Gasteiger partial charge >= 0.3 is 0 Å². The second kappa shape index (κ2) is 13.6. The summed E-state index contributed by atoms with van der Waals surface area (Å²) in [6.07, 6.45) is 6.82. The summed E-state index contributed by atoms with van der Waals surface area (Å²) in [4.78, 5) is 23.2. The number of anilines is 1. The third kappa shape index (κ3) is 10.2. The zero-order chi connectivity index (χ0) is 21.1. The normalized spacial score (nSPS) is 17.6. The lowest BCUT2D eigenvalue weighted by Gasteiger charge is -2.32. The molecule has 2 saturated heterocycles. The van der Waals surface area contributed by atoms with E-state index in [1.54, 1.807) is 18.6 Å². The van der Waals surface area contributed by atoms with Crippen molar-refractivity contribution in [2.75, 3.05) is 71.4 Å². The molecule has 0 saturated carbocycles. The van der Waals surface area contributed by atoms with Crippen LogP contribution in [0.1, 0.15) is 0 Å². The minimum Gasteiger partial charge on any atom is -0.353 e. The number of likely N-dealkylation sites (N-methyl/N-ethyl adjacent to an activating group) is 2. The molecule has 0 spiro atoms. The molecule has 0 unspecified atom stereocenters. The standard InChI is InChI=1S/C9H13BrN4.C5H12N2.C4H2Br2N2/c1-13-2-4-14(5-3-13)9-7-11-8(10)6-12-9;1-7-4-2-6-3-5-7;5-3-1-7-4(6)2-8-3/h6-7H,2-5H2,1H3;6H,2-5H2,1H3;1-2H.